The lowest BCUT2D eigenvalue weighted by Gasteiger charge is -2.23. The highest BCUT2D eigenvalue weighted by Gasteiger charge is 2.45. The maximum atomic E-state index is 12.8. The lowest BCUT2D eigenvalue weighted by molar-refractivity contribution is -0.183. The fourth-order valence-corrected chi connectivity index (χ4v) is 2.62. The highest BCUT2D eigenvalue weighted by molar-refractivity contribution is 5.76. The Bertz CT molecular complexity index is 494. The van der Waals surface area contributed by atoms with Gasteiger partial charge in [-0.2, -0.15) is 13.2 Å². The predicted molar refractivity (Wildman–Crippen MR) is 64.1 cm³/mol. The summed E-state index contributed by atoms with van der Waals surface area (Å²) in [4.78, 5) is 11.2. The van der Waals surface area contributed by atoms with Crippen LogP contribution in [-0.2, 0) is 17.6 Å². The molecule has 19 heavy (non-hydrogen) atoms. The van der Waals surface area contributed by atoms with Gasteiger partial charge >= 0.3 is 12.1 Å². The summed E-state index contributed by atoms with van der Waals surface area (Å²) in [5.41, 5.74) is 2.35. The van der Waals surface area contributed by atoms with Crippen LogP contribution in [0.3, 0.4) is 0 Å². The molecule has 1 aromatic rings. The number of hydrogen-bond donors (Lipinski definition) is 1. The third-order valence-corrected chi connectivity index (χ3v) is 3.76. The Morgan fingerprint density at radius 1 is 1.26 bits per heavy atom. The van der Waals surface area contributed by atoms with Gasteiger partial charge in [-0.1, -0.05) is 25.1 Å². The SMILES string of the molecule is C[C@H]([C@@H](C(=O)O)c1ccc2c(c1)CCC2)C(F)(F)F. The van der Waals surface area contributed by atoms with Crippen molar-refractivity contribution in [1.82, 2.24) is 0 Å². The lowest BCUT2D eigenvalue weighted by atomic mass is 9.85. The van der Waals surface area contributed by atoms with Crippen molar-refractivity contribution in [3.63, 3.8) is 0 Å². The molecular formula is C14H15F3O2. The van der Waals surface area contributed by atoms with Gasteiger partial charge in [0.15, 0.2) is 0 Å². The van der Waals surface area contributed by atoms with Crippen LogP contribution in [0.1, 0.15) is 36.0 Å². The molecule has 0 spiro atoms. The minimum atomic E-state index is -4.51. The number of carbonyl (C=O) groups is 1. The number of carboxylic acid groups (broad SMARTS) is 1. The van der Waals surface area contributed by atoms with E-state index in [1.165, 1.54) is 6.07 Å². The van der Waals surface area contributed by atoms with Crippen molar-refractivity contribution < 1.29 is 23.1 Å². The molecule has 0 radical (unpaired) electrons. The average molecular weight is 272 g/mol. The van der Waals surface area contributed by atoms with Crippen molar-refractivity contribution in [2.24, 2.45) is 5.92 Å². The normalized spacial score (nSPS) is 17.9. The second-order valence-corrected chi connectivity index (χ2v) is 5.03. The molecule has 104 valence electrons. The first-order valence-electron chi connectivity index (χ1n) is 6.22. The summed E-state index contributed by atoms with van der Waals surface area (Å²) >= 11 is 0. The maximum absolute atomic E-state index is 12.8. The first-order chi connectivity index (χ1) is 8.80. The van der Waals surface area contributed by atoms with Gasteiger partial charge in [0.1, 0.15) is 0 Å². The summed E-state index contributed by atoms with van der Waals surface area (Å²) in [7, 11) is 0. The van der Waals surface area contributed by atoms with Gasteiger partial charge in [-0.15, -0.1) is 0 Å². The lowest BCUT2D eigenvalue weighted by Crippen LogP contribution is -2.31. The fourth-order valence-electron chi connectivity index (χ4n) is 2.62. The van der Waals surface area contributed by atoms with E-state index in [0.717, 1.165) is 37.3 Å². The number of hydrogen-bond acceptors (Lipinski definition) is 1. The molecule has 1 aliphatic rings. The van der Waals surface area contributed by atoms with E-state index < -0.39 is 24.0 Å². The molecular weight excluding hydrogens is 257 g/mol. The van der Waals surface area contributed by atoms with E-state index in [-0.39, 0.29) is 5.56 Å². The van der Waals surface area contributed by atoms with E-state index in [1.807, 2.05) is 0 Å². The summed E-state index contributed by atoms with van der Waals surface area (Å²) in [5, 5.41) is 9.11. The quantitative estimate of drug-likeness (QED) is 0.913. The summed E-state index contributed by atoms with van der Waals surface area (Å²) in [5.74, 6) is -4.86. The molecule has 0 bridgehead atoms. The molecule has 0 saturated heterocycles. The Labute approximate surface area is 109 Å². The molecule has 0 fully saturated rings. The van der Waals surface area contributed by atoms with Gasteiger partial charge in [-0.05, 0) is 36.0 Å². The Balaban J connectivity index is 2.37. The van der Waals surface area contributed by atoms with Crippen LogP contribution in [-0.4, -0.2) is 17.3 Å². The topological polar surface area (TPSA) is 37.3 Å². The summed E-state index contributed by atoms with van der Waals surface area (Å²) in [6.45, 7) is 0.923. The van der Waals surface area contributed by atoms with Gasteiger partial charge in [0, 0.05) is 0 Å². The number of benzene rings is 1. The molecule has 0 aliphatic heterocycles. The van der Waals surface area contributed by atoms with Crippen molar-refractivity contribution in [3.8, 4) is 0 Å². The van der Waals surface area contributed by atoms with Gasteiger partial charge in [-0.3, -0.25) is 4.79 Å². The van der Waals surface area contributed by atoms with Crippen molar-refractivity contribution in [2.45, 2.75) is 38.3 Å². The average Bonchev–Trinajstić information content (AvgIpc) is 2.74. The first kappa shape index (κ1) is 13.9. The van der Waals surface area contributed by atoms with Crippen molar-refractivity contribution in [1.29, 1.82) is 0 Å². The minimum Gasteiger partial charge on any atom is -0.481 e. The Morgan fingerprint density at radius 2 is 1.89 bits per heavy atom. The summed E-state index contributed by atoms with van der Waals surface area (Å²) in [6, 6.07) is 4.91. The van der Waals surface area contributed by atoms with E-state index >= 15 is 0 Å². The van der Waals surface area contributed by atoms with Gasteiger partial charge in [0.05, 0.1) is 11.8 Å². The first-order valence-corrected chi connectivity index (χ1v) is 6.22. The second kappa shape index (κ2) is 4.87. The van der Waals surface area contributed by atoms with Crippen molar-refractivity contribution in [3.05, 3.63) is 34.9 Å². The van der Waals surface area contributed by atoms with Gasteiger partial charge in [-0.25, -0.2) is 0 Å². The Morgan fingerprint density at radius 3 is 2.47 bits per heavy atom. The maximum Gasteiger partial charge on any atom is 0.392 e. The second-order valence-electron chi connectivity index (χ2n) is 5.03. The minimum absolute atomic E-state index is 0.248. The van der Waals surface area contributed by atoms with E-state index in [0.29, 0.717) is 0 Å². The van der Waals surface area contributed by atoms with E-state index in [9.17, 15) is 18.0 Å². The molecule has 2 rings (SSSR count). The largest absolute Gasteiger partial charge is 0.481 e. The monoisotopic (exact) mass is 272 g/mol. The van der Waals surface area contributed by atoms with Gasteiger partial charge in [0.2, 0.25) is 0 Å². The molecule has 0 saturated carbocycles. The van der Waals surface area contributed by atoms with Crippen LogP contribution in [0, 0.1) is 5.92 Å². The number of alkyl halides is 3. The molecule has 1 aromatic carbocycles. The van der Waals surface area contributed by atoms with Crippen LogP contribution >= 0.6 is 0 Å². The summed E-state index contributed by atoms with van der Waals surface area (Å²) < 4.78 is 38.3. The number of rotatable bonds is 3. The molecule has 2 nitrogen and oxygen atoms in total. The highest BCUT2D eigenvalue weighted by Crippen LogP contribution is 2.38. The fraction of sp³-hybridized carbons (Fsp3) is 0.500. The molecule has 1 N–H and O–H groups in total. The van der Waals surface area contributed by atoms with Crippen LogP contribution in [0.4, 0.5) is 13.2 Å². The zero-order valence-corrected chi connectivity index (χ0v) is 10.5. The smallest absolute Gasteiger partial charge is 0.392 e. The van der Waals surface area contributed by atoms with E-state index in [1.54, 1.807) is 12.1 Å². The number of aryl methyl sites for hydroxylation is 2. The standard InChI is InChI=1S/C14H15F3O2/c1-8(14(15,16)17)12(13(18)19)11-6-5-9-3-2-4-10(9)7-11/h5-8,12H,2-4H2,1H3,(H,18,19)/t8-,12-/m1/s1. The molecule has 0 amide bonds. The number of halogens is 3. The molecule has 1 aliphatic carbocycles. The Hall–Kier alpha value is -1.52. The molecule has 0 unspecified atom stereocenters. The predicted octanol–water partition coefficient (Wildman–Crippen LogP) is 3.54. The molecule has 2 atom stereocenters. The molecule has 0 aromatic heterocycles. The highest BCUT2D eigenvalue weighted by atomic mass is 19.4. The molecule has 5 heteroatoms. The summed E-state index contributed by atoms with van der Waals surface area (Å²) in [6.07, 6.45) is -1.80. The van der Waals surface area contributed by atoms with Crippen LogP contribution in [0.5, 0.6) is 0 Å². The zero-order valence-electron chi connectivity index (χ0n) is 10.5. The van der Waals surface area contributed by atoms with Crippen molar-refractivity contribution >= 4 is 5.97 Å². The zero-order chi connectivity index (χ0) is 14.2. The van der Waals surface area contributed by atoms with Gasteiger partial charge < -0.3 is 5.11 Å². The van der Waals surface area contributed by atoms with Gasteiger partial charge in [0.25, 0.3) is 0 Å². The third kappa shape index (κ3) is 2.74. The number of aliphatic carboxylic acids is 1. The van der Waals surface area contributed by atoms with Crippen LogP contribution in [0.25, 0.3) is 0 Å². The number of fused-ring (bicyclic) bond motifs is 1. The Kier molecular flexibility index (Phi) is 3.56. The van der Waals surface area contributed by atoms with Crippen molar-refractivity contribution in [2.75, 3.05) is 0 Å². The molecule has 0 heterocycles. The van der Waals surface area contributed by atoms with Crippen LogP contribution in [0.15, 0.2) is 18.2 Å². The van der Waals surface area contributed by atoms with Crippen LogP contribution < -0.4 is 0 Å². The van der Waals surface area contributed by atoms with E-state index in [4.69, 9.17) is 5.11 Å². The third-order valence-electron chi connectivity index (χ3n) is 3.76. The van der Waals surface area contributed by atoms with Crippen LogP contribution in [0.2, 0.25) is 0 Å². The van der Waals surface area contributed by atoms with E-state index in [2.05, 4.69) is 0 Å². The number of carboxylic acids is 1.